The van der Waals surface area contributed by atoms with E-state index in [-0.39, 0.29) is 5.56 Å². The van der Waals surface area contributed by atoms with Crippen molar-refractivity contribution in [3.63, 3.8) is 0 Å². The number of pyridine rings is 1. The predicted octanol–water partition coefficient (Wildman–Crippen LogP) is 1.36. The lowest BCUT2D eigenvalue weighted by molar-refractivity contribution is 1.11. The Bertz CT molecular complexity index is 623. The predicted molar refractivity (Wildman–Crippen MR) is 53.3 cm³/mol. The van der Waals surface area contributed by atoms with Crippen LogP contribution in [0.4, 0.5) is 0 Å². The second kappa shape index (κ2) is 2.45. The molecule has 2 N–H and O–H groups in total. The number of hydrogen-bond donors (Lipinski definition) is 2. The van der Waals surface area contributed by atoms with Gasteiger partial charge in [-0.1, -0.05) is 18.2 Å². The van der Waals surface area contributed by atoms with Crippen molar-refractivity contribution in [3.8, 4) is 11.3 Å². The van der Waals surface area contributed by atoms with Gasteiger partial charge in [0.05, 0.1) is 16.8 Å². The average molecular weight is 185 g/mol. The summed E-state index contributed by atoms with van der Waals surface area (Å²) in [6, 6.07) is 7.56. The number of nitrogens with one attached hydrogen (secondary N) is 2. The van der Waals surface area contributed by atoms with Gasteiger partial charge in [0.2, 0.25) is 0 Å². The van der Waals surface area contributed by atoms with Crippen LogP contribution in [0.2, 0.25) is 0 Å². The van der Waals surface area contributed by atoms with Crippen LogP contribution < -0.4 is 5.56 Å². The van der Waals surface area contributed by atoms with E-state index >= 15 is 0 Å². The summed E-state index contributed by atoms with van der Waals surface area (Å²) in [7, 11) is 0. The molecular formula is C10H7N3O. The number of nitrogens with zero attached hydrogens (tertiary/aromatic N) is 1. The molecule has 0 saturated heterocycles. The highest BCUT2D eigenvalue weighted by molar-refractivity contribution is 5.92. The molecule has 14 heavy (non-hydrogen) atoms. The number of benzene rings is 1. The third-order valence-corrected chi connectivity index (χ3v) is 2.31. The summed E-state index contributed by atoms with van der Waals surface area (Å²) < 4.78 is 0. The molecule has 0 bridgehead atoms. The molecule has 2 heterocycles. The number of para-hydroxylation sites is 1. The first kappa shape index (κ1) is 7.32. The van der Waals surface area contributed by atoms with Crippen molar-refractivity contribution in [3.05, 3.63) is 40.8 Å². The van der Waals surface area contributed by atoms with Crippen LogP contribution in [0.3, 0.4) is 0 Å². The van der Waals surface area contributed by atoms with Gasteiger partial charge in [-0.25, -0.2) is 4.98 Å². The lowest BCUT2D eigenvalue weighted by Crippen LogP contribution is -2.08. The minimum atomic E-state index is -0.198. The van der Waals surface area contributed by atoms with Gasteiger partial charge in [-0.15, -0.1) is 0 Å². The molecule has 4 nitrogen and oxygen atoms in total. The van der Waals surface area contributed by atoms with E-state index in [9.17, 15) is 4.79 Å². The normalized spacial score (nSPS) is 11.1. The van der Waals surface area contributed by atoms with Crippen molar-refractivity contribution < 1.29 is 0 Å². The molecule has 1 aromatic rings. The molecule has 0 radical (unpaired) electrons. The van der Waals surface area contributed by atoms with Crippen LogP contribution in [-0.2, 0) is 0 Å². The van der Waals surface area contributed by atoms with Crippen LogP contribution in [0.15, 0.2) is 35.3 Å². The molecule has 0 aromatic heterocycles. The molecule has 2 aliphatic rings. The molecule has 0 spiro atoms. The molecule has 1 aromatic carbocycles. The average Bonchev–Trinajstić information content (AvgIpc) is 2.67. The summed E-state index contributed by atoms with van der Waals surface area (Å²) in [6.07, 6.45) is 1.64. The van der Waals surface area contributed by atoms with Crippen molar-refractivity contribution in [2.45, 2.75) is 0 Å². The number of aromatic nitrogens is 3. The molecule has 2 aliphatic heterocycles. The molecule has 0 aliphatic carbocycles. The number of H-pyrrole nitrogens is 2. The highest BCUT2D eigenvalue weighted by Gasteiger charge is 2.12. The molecule has 4 heteroatoms. The Labute approximate surface area is 78.9 Å². The fourth-order valence-electron chi connectivity index (χ4n) is 1.65. The van der Waals surface area contributed by atoms with Crippen molar-refractivity contribution >= 4 is 10.9 Å². The number of rotatable bonds is 0. The SMILES string of the molecule is O=c1nc2ccccc2c2[nH][nH]cc1-2. The largest absolute Gasteiger partial charge is 0.307 e. The Hall–Kier alpha value is -2.10. The first-order valence-corrected chi connectivity index (χ1v) is 4.31. The van der Waals surface area contributed by atoms with Gasteiger partial charge in [0, 0.05) is 11.6 Å². The number of hydrogen-bond acceptors (Lipinski definition) is 2. The summed E-state index contributed by atoms with van der Waals surface area (Å²) in [5, 5.41) is 6.71. The van der Waals surface area contributed by atoms with Gasteiger partial charge < -0.3 is 5.10 Å². The van der Waals surface area contributed by atoms with Crippen molar-refractivity contribution in [1.82, 2.24) is 15.2 Å². The minimum Gasteiger partial charge on any atom is -0.307 e. The summed E-state index contributed by atoms with van der Waals surface area (Å²) in [6.45, 7) is 0. The lowest BCUT2D eigenvalue weighted by atomic mass is 10.1. The molecule has 0 atom stereocenters. The minimum absolute atomic E-state index is 0.198. The Morgan fingerprint density at radius 3 is 3.00 bits per heavy atom. The van der Waals surface area contributed by atoms with Crippen LogP contribution in [-0.4, -0.2) is 15.2 Å². The molecule has 0 unspecified atom stereocenters. The van der Waals surface area contributed by atoms with Gasteiger partial charge in [0.25, 0.3) is 5.56 Å². The lowest BCUT2D eigenvalue weighted by Gasteiger charge is -2.00. The highest BCUT2D eigenvalue weighted by atomic mass is 16.1. The summed E-state index contributed by atoms with van der Waals surface area (Å²) in [5.41, 5.74) is 1.95. The van der Waals surface area contributed by atoms with Gasteiger partial charge in [-0.3, -0.25) is 9.89 Å². The van der Waals surface area contributed by atoms with Gasteiger partial charge >= 0.3 is 0 Å². The van der Waals surface area contributed by atoms with E-state index in [2.05, 4.69) is 15.2 Å². The molecule has 0 fully saturated rings. The smallest absolute Gasteiger partial charge is 0.281 e. The summed E-state index contributed by atoms with van der Waals surface area (Å²) >= 11 is 0. The van der Waals surface area contributed by atoms with E-state index in [1.165, 1.54) is 0 Å². The van der Waals surface area contributed by atoms with E-state index < -0.39 is 0 Å². The molecule has 0 saturated carbocycles. The van der Waals surface area contributed by atoms with E-state index in [1.54, 1.807) is 6.20 Å². The Morgan fingerprint density at radius 2 is 2.07 bits per heavy atom. The highest BCUT2D eigenvalue weighted by Crippen LogP contribution is 2.22. The summed E-state index contributed by atoms with van der Waals surface area (Å²) in [5.74, 6) is 0. The zero-order chi connectivity index (χ0) is 9.54. The maximum absolute atomic E-state index is 11.5. The van der Waals surface area contributed by atoms with Crippen LogP contribution in [0.25, 0.3) is 22.2 Å². The maximum Gasteiger partial charge on any atom is 0.281 e. The molecule has 3 rings (SSSR count). The monoisotopic (exact) mass is 185 g/mol. The zero-order valence-corrected chi connectivity index (χ0v) is 7.24. The third-order valence-electron chi connectivity index (χ3n) is 2.31. The molecule has 68 valence electrons. The van der Waals surface area contributed by atoms with E-state index in [0.717, 1.165) is 16.6 Å². The van der Waals surface area contributed by atoms with Crippen LogP contribution in [0.5, 0.6) is 0 Å². The molecule has 0 amide bonds. The van der Waals surface area contributed by atoms with Crippen molar-refractivity contribution in [1.29, 1.82) is 0 Å². The number of aromatic amines is 2. The van der Waals surface area contributed by atoms with Crippen molar-refractivity contribution in [2.75, 3.05) is 0 Å². The maximum atomic E-state index is 11.5. The van der Waals surface area contributed by atoms with Gasteiger partial charge in [0.15, 0.2) is 0 Å². The van der Waals surface area contributed by atoms with Crippen LogP contribution in [0, 0.1) is 0 Å². The Morgan fingerprint density at radius 1 is 1.21 bits per heavy atom. The van der Waals surface area contributed by atoms with Crippen LogP contribution in [0.1, 0.15) is 0 Å². The Kier molecular flexibility index (Phi) is 1.28. The standard InChI is InChI=1S/C10H7N3O/c14-10-7-5-11-13-9(7)6-3-1-2-4-8(6)12-10/h1-5,11,13H. The van der Waals surface area contributed by atoms with E-state index in [1.807, 2.05) is 24.3 Å². The second-order valence-corrected chi connectivity index (χ2v) is 3.14. The van der Waals surface area contributed by atoms with E-state index in [4.69, 9.17) is 0 Å². The fourth-order valence-corrected chi connectivity index (χ4v) is 1.65. The molecular weight excluding hydrogens is 178 g/mol. The van der Waals surface area contributed by atoms with E-state index in [0.29, 0.717) is 5.56 Å². The topological polar surface area (TPSA) is 61.5 Å². The Balaban J connectivity index is 2.65. The first-order valence-electron chi connectivity index (χ1n) is 4.31. The zero-order valence-electron chi connectivity index (χ0n) is 7.24. The quantitative estimate of drug-likeness (QED) is 0.555. The van der Waals surface area contributed by atoms with Crippen LogP contribution >= 0.6 is 0 Å². The first-order chi connectivity index (χ1) is 6.86. The second-order valence-electron chi connectivity index (χ2n) is 3.14. The van der Waals surface area contributed by atoms with Gasteiger partial charge in [0.1, 0.15) is 0 Å². The van der Waals surface area contributed by atoms with Gasteiger partial charge in [-0.05, 0) is 6.07 Å². The summed E-state index contributed by atoms with van der Waals surface area (Å²) in [4.78, 5) is 15.5. The van der Waals surface area contributed by atoms with Gasteiger partial charge in [-0.2, -0.15) is 0 Å². The number of fused-ring (bicyclic) bond motifs is 3. The van der Waals surface area contributed by atoms with Crippen molar-refractivity contribution in [2.24, 2.45) is 0 Å². The fraction of sp³-hybridized carbons (Fsp3) is 0. The third kappa shape index (κ3) is 0.821.